The molecule has 0 aliphatic heterocycles. The van der Waals surface area contributed by atoms with E-state index in [2.05, 4.69) is 10.1 Å². The van der Waals surface area contributed by atoms with Crippen LogP contribution in [0, 0.1) is 6.92 Å². The van der Waals surface area contributed by atoms with Crippen LogP contribution in [0.1, 0.15) is 33.5 Å². The van der Waals surface area contributed by atoms with E-state index in [1.807, 2.05) is 37.3 Å². The fourth-order valence-electron chi connectivity index (χ4n) is 2.92. The lowest BCUT2D eigenvalue weighted by Gasteiger charge is -2.09. The quantitative estimate of drug-likeness (QED) is 0.221. The van der Waals surface area contributed by atoms with Crippen molar-refractivity contribution in [2.45, 2.75) is 25.5 Å². The second kappa shape index (κ2) is 15.2. The van der Waals surface area contributed by atoms with Gasteiger partial charge in [-0.15, -0.1) is 13.2 Å². The van der Waals surface area contributed by atoms with Crippen LogP contribution in [0.15, 0.2) is 84.6 Å². The van der Waals surface area contributed by atoms with Crippen LogP contribution in [-0.2, 0) is 15.3 Å². The summed E-state index contributed by atoms with van der Waals surface area (Å²) in [5.41, 5.74) is 7.96. The second-order valence-corrected chi connectivity index (χ2v) is 9.15. The Morgan fingerprint density at radius 3 is 2.13 bits per heavy atom. The first-order valence-electron chi connectivity index (χ1n) is 11.5. The summed E-state index contributed by atoms with van der Waals surface area (Å²) < 4.78 is 40.2. The SMILES string of the molecule is Cc1ccc(C(=O)N/C(=C/c2ccc(OC(F)(F)F)cc2)C(N)=O)cc1.O=C(O)CCSCc1ccccc1. The Hall–Kier alpha value is -4.25. The number of thioether (sulfide) groups is 1. The number of carbonyl (C=O) groups is 3. The molecule has 0 bridgehead atoms. The van der Waals surface area contributed by atoms with Gasteiger partial charge in [0, 0.05) is 17.1 Å². The number of halogens is 3. The number of rotatable bonds is 10. The van der Waals surface area contributed by atoms with Gasteiger partial charge in [0.05, 0.1) is 6.42 Å². The minimum Gasteiger partial charge on any atom is -0.481 e. The molecule has 11 heteroatoms. The number of carboxylic acids is 1. The average Bonchev–Trinajstić information content (AvgIpc) is 2.87. The van der Waals surface area contributed by atoms with Gasteiger partial charge in [-0.05, 0) is 48.4 Å². The molecule has 0 spiro atoms. The van der Waals surface area contributed by atoms with Gasteiger partial charge < -0.3 is 20.9 Å². The molecule has 39 heavy (non-hydrogen) atoms. The number of amides is 2. The Kier molecular flexibility index (Phi) is 12.1. The molecule has 0 fully saturated rings. The minimum absolute atomic E-state index is 0.194. The van der Waals surface area contributed by atoms with Crippen molar-refractivity contribution in [3.63, 3.8) is 0 Å². The number of alkyl halides is 3. The molecule has 3 aromatic carbocycles. The summed E-state index contributed by atoms with van der Waals surface area (Å²) >= 11 is 1.65. The second-order valence-electron chi connectivity index (χ2n) is 8.04. The topological polar surface area (TPSA) is 119 Å². The highest BCUT2D eigenvalue weighted by atomic mass is 32.2. The maximum atomic E-state index is 12.2. The number of carbonyl (C=O) groups excluding carboxylic acids is 2. The molecule has 0 heterocycles. The number of aryl methyl sites for hydroxylation is 1. The highest BCUT2D eigenvalue weighted by molar-refractivity contribution is 7.98. The molecule has 0 saturated carbocycles. The molecule has 0 unspecified atom stereocenters. The van der Waals surface area contributed by atoms with E-state index in [-0.39, 0.29) is 12.1 Å². The van der Waals surface area contributed by atoms with E-state index in [1.54, 1.807) is 36.0 Å². The lowest BCUT2D eigenvalue weighted by Crippen LogP contribution is -2.31. The standard InChI is InChI=1S/C18H15F3N2O3.C10H12O2S/c1-11-2-6-13(7-3-11)17(25)23-15(16(22)24)10-12-4-8-14(9-5-12)26-18(19,20)21;11-10(12)6-7-13-8-9-4-2-1-3-5-9/h2-10H,1H3,(H2,22,24)(H,23,25);1-5H,6-8H2,(H,11,12)/b15-10+;. The number of benzene rings is 3. The van der Waals surface area contributed by atoms with E-state index < -0.39 is 29.9 Å². The van der Waals surface area contributed by atoms with Gasteiger partial charge >= 0.3 is 12.3 Å². The fraction of sp³-hybridized carbons (Fsp3) is 0.179. The first kappa shape index (κ1) is 31.0. The van der Waals surface area contributed by atoms with Crippen molar-refractivity contribution in [1.29, 1.82) is 0 Å². The molecule has 0 aromatic heterocycles. The first-order valence-corrected chi connectivity index (χ1v) is 12.7. The van der Waals surface area contributed by atoms with E-state index in [9.17, 15) is 27.6 Å². The molecule has 0 saturated heterocycles. The summed E-state index contributed by atoms with van der Waals surface area (Å²) in [5, 5.41) is 10.8. The number of primary amides is 1. The van der Waals surface area contributed by atoms with Gasteiger partial charge in [0.1, 0.15) is 11.4 Å². The van der Waals surface area contributed by atoms with Crippen molar-refractivity contribution in [2.75, 3.05) is 5.75 Å². The van der Waals surface area contributed by atoms with Crippen LogP contribution in [0.25, 0.3) is 6.08 Å². The molecule has 4 N–H and O–H groups in total. The summed E-state index contributed by atoms with van der Waals surface area (Å²) in [5.74, 6) is -0.967. The van der Waals surface area contributed by atoms with Crippen molar-refractivity contribution < 1.29 is 37.4 Å². The zero-order chi connectivity index (χ0) is 28.8. The van der Waals surface area contributed by atoms with Gasteiger partial charge in [-0.1, -0.05) is 60.2 Å². The zero-order valence-corrected chi connectivity index (χ0v) is 21.7. The number of hydrogen-bond donors (Lipinski definition) is 3. The lowest BCUT2D eigenvalue weighted by molar-refractivity contribution is -0.274. The molecule has 0 aliphatic carbocycles. The van der Waals surface area contributed by atoms with Gasteiger partial charge in [0.2, 0.25) is 0 Å². The molecule has 0 aliphatic rings. The fourth-order valence-corrected chi connectivity index (χ4v) is 3.82. The third kappa shape index (κ3) is 12.7. The van der Waals surface area contributed by atoms with Crippen molar-refractivity contribution in [3.05, 3.63) is 107 Å². The molecule has 0 atom stereocenters. The first-order chi connectivity index (χ1) is 18.4. The van der Waals surface area contributed by atoms with E-state index in [0.717, 1.165) is 23.4 Å². The monoisotopic (exact) mass is 560 g/mol. The molecule has 206 valence electrons. The van der Waals surface area contributed by atoms with Gasteiger partial charge in [0.15, 0.2) is 0 Å². The largest absolute Gasteiger partial charge is 0.573 e. The number of ether oxygens (including phenoxy) is 1. The Labute approximate surface area is 227 Å². The predicted octanol–water partition coefficient (Wildman–Crippen LogP) is 5.54. The van der Waals surface area contributed by atoms with Gasteiger partial charge in [-0.2, -0.15) is 11.8 Å². The van der Waals surface area contributed by atoms with Crippen molar-refractivity contribution in [1.82, 2.24) is 5.32 Å². The zero-order valence-electron chi connectivity index (χ0n) is 20.9. The van der Waals surface area contributed by atoms with Gasteiger partial charge in [-0.25, -0.2) is 0 Å². The number of nitrogens with one attached hydrogen (secondary N) is 1. The smallest absolute Gasteiger partial charge is 0.481 e. The number of nitrogens with two attached hydrogens (primary N) is 1. The van der Waals surface area contributed by atoms with E-state index in [4.69, 9.17) is 10.8 Å². The van der Waals surface area contributed by atoms with Crippen LogP contribution in [0.3, 0.4) is 0 Å². The Balaban J connectivity index is 0.000000344. The van der Waals surface area contributed by atoms with Crippen molar-refractivity contribution >= 4 is 35.6 Å². The molecule has 2 amide bonds. The summed E-state index contributed by atoms with van der Waals surface area (Å²) in [4.78, 5) is 33.9. The molecular weight excluding hydrogens is 533 g/mol. The normalized spacial score (nSPS) is 11.1. The van der Waals surface area contributed by atoms with E-state index >= 15 is 0 Å². The summed E-state index contributed by atoms with van der Waals surface area (Å²) in [7, 11) is 0. The van der Waals surface area contributed by atoms with Crippen LogP contribution >= 0.6 is 11.8 Å². The van der Waals surface area contributed by atoms with Crippen LogP contribution in [-0.4, -0.2) is 35.0 Å². The Morgan fingerprint density at radius 2 is 1.59 bits per heavy atom. The molecular formula is C28H27F3N2O5S. The third-order valence-corrected chi connectivity index (χ3v) is 5.85. The number of hydrogen-bond acceptors (Lipinski definition) is 5. The van der Waals surface area contributed by atoms with Crippen LogP contribution in [0.4, 0.5) is 13.2 Å². The maximum Gasteiger partial charge on any atom is 0.573 e. The van der Waals surface area contributed by atoms with E-state index in [0.29, 0.717) is 16.9 Å². The maximum absolute atomic E-state index is 12.2. The highest BCUT2D eigenvalue weighted by Gasteiger charge is 2.30. The summed E-state index contributed by atoms with van der Waals surface area (Å²) in [6.07, 6.45) is -3.29. The van der Waals surface area contributed by atoms with Crippen LogP contribution in [0.5, 0.6) is 5.75 Å². The molecule has 3 aromatic rings. The van der Waals surface area contributed by atoms with Crippen LogP contribution < -0.4 is 15.8 Å². The summed E-state index contributed by atoms with van der Waals surface area (Å²) in [6, 6.07) is 21.5. The lowest BCUT2D eigenvalue weighted by atomic mass is 10.1. The average molecular weight is 561 g/mol. The number of carboxylic acid groups (broad SMARTS) is 1. The van der Waals surface area contributed by atoms with Crippen LogP contribution in [0.2, 0.25) is 0 Å². The molecule has 0 radical (unpaired) electrons. The molecule has 3 rings (SSSR count). The predicted molar refractivity (Wildman–Crippen MR) is 144 cm³/mol. The molecule has 7 nitrogen and oxygen atoms in total. The summed E-state index contributed by atoms with van der Waals surface area (Å²) in [6.45, 7) is 1.86. The third-order valence-electron chi connectivity index (χ3n) is 4.82. The highest BCUT2D eigenvalue weighted by Crippen LogP contribution is 2.23. The number of aliphatic carboxylic acids is 1. The Bertz CT molecular complexity index is 1260. The van der Waals surface area contributed by atoms with Gasteiger partial charge in [0.25, 0.3) is 11.8 Å². The van der Waals surface area contributed by atoms with Gasteiger partial charge in [-0.3, -0.25) is 14.4 Å². The minimum atomic E-state index is -4.79. The van der Waals surface area contributed by atoms with Crippen molar-refractivity contribution in [3.8, 4) is 5.75 Å². The van der Waals surface area contributed by atoms with Crippen molar-refractivity contribution in [2.24, 2.45) is 5.73 Å². The van der Waals surface area contributed by atoms with E-state index in [1.165, 1.54) is 23.8 Å². The Morgan fingerprint density at radius 1 is 0.974 bits per heavy atom.